The molecular formula is C22H30N4O2S. The molecule has 156 valence electrons. The van der Waals surface area contributed by atoms with Crippen molar-refractivity contribution in [1.82, 2.24) is 14.7 Å². The van der Waals surface area contributed by atoms with Gasteiger partial charge < -0.3 is 15.4 Å². The number of piperidine rings is 1. The number of hydrogen-bond acceptors (Lipinski definition) is 5. The number of para-hydroxylation sites is 1. The molecule has 1 amide bonds. The molecule has 1 spiro atoms. The average molecular weight is 415 g/mol. The van der Waals surface area contributed by atoms with Crippen LogP contribution in [0.15, 0.2) is 36.5 Å². The molecule has 2 aromatic rings. The Morgan fingerprint density at radius 3 is 2.62 bits per heavy atom. The number of aromatic nitrogens is 2. The van der Waals surface area contributed by atoms with Crippen molar-refractivity contribution in [2.75, 3.05) is 26.0 Å². The lowest BCUT2D eigenvalue weighted by atomic mass is 9.83. The summed E-state index contributed by atoms with van der Waals surface area (Å²) in [5.41, 5.74) is 9.23. The van der Waals surface area contributed by atoms with Gasteiger partial charge in [0.1, 0.15) is 5.60 Å². The second-order valence-electron chi connectivity index (χ2n) is 8.49. The highest BCUT2D eigenvalue weighted by Crippen LogP contribution is 2.41. The molecule has 6 nitrogen and oxygen atoms in total. The molecule has 4 rings (SSSR count). The van der Waals surface area contributed by atoms with E-state index < -0.39 is 11.6 Å². The number of likely N-dealkylation sites (tertiary alicyclic amines) is 1. The summed E-state index contributed by atoms with van der Waals surface area (Å²) < 4.78 is 7.98. The minimum Gasteiger partial charge on any atom is -0.368 e. The summed E-state index contributed by atoms with van der Waals surface area (Å²) in [4.78, 5) is 14.8. The van der Waals surface area contributed by atoms with E-state index in [1.54, 1.807) is 11.8 Å². The van der Waals surface area contributed by atoms with Crippen molar-refractivity contribution in [2.45, 2.75) is 49.5 Å². The summed E-state index contributed by atoms with van der Waals surface area (Å²) in [5, 5.41) is 4.92. The standard InChI is InChI=1S/C22H30N4O2S/c1-21(2,29-3)18(23)20(27)25-12-10-22(11-13-25)19-16(9-14-28-22)15-26(24-19)17-7-5-4-6-8-17/h4-8,15,18H,9-14,23H2,1-3H3/t18-/m1/s1. The predicted octanol–water partition coefficient (Wildman–Crippen LogP) is 2.73. The van der Waals surface area contributed by atoms with Crippen molar-refractivity contribution >= 4 is 17.7 Å². The largest absolute Gasteiger partial charge is 0.368 e. The van der Waals surface area contributed by atoms with Gasteiger partial charge in [0.25, 0.3) is 0 Å². The van der Waals surface area contributed by atoms with Gasteiger partial charge in [0.05, 0.1) is 24.0 Å². The lowest BCUT2D eigenvalue weighted by Crippen LogP contribution is -2.57. The number of thioether (sulfide) groups is 1. The van der Waals surface area contributed by atoms with Crippen LogP contribution < -0.4 is 5.73 Å². The maximum Gasteiger partial charge on any atom is 0.240 e. The van der Waals surface area contributed by atoms with E-state index in [2.05, 4.69) is 18.3 Å². The van der Waals surface area contributed by atoms with Crippen LogP contribution in [0.2, 0.25) is 0 Å². The highest BCUT2D eigenvalue weighted by molar-refractivity contribution is 8.00. The fourth-order valence-electron chi connectivity index (χ4n) is 4.20. The van der Waals surface area contributed by atoms with Crippen molar-refractivity contribution in [3.63, 3.8) is 0 Å². The van der Waals surface area contributed by atoms with E-state index >= 15 is 0 Å². The van der Waals surface area contributed by atoms with Crippen molar-refractivity contribution < 1.29 is 9.53 Å². The second kappa shape index (κ2) is 7.78. The maximum absolute atomic E-state index is 12.9. The molecule has 1 aromatic carbocycles. The molecule has 1 saturated heterocycles. The summed E-state index contributed by atoms with van der Waals surface area (Å²) >= 11 is 1.63. The number of carbonyl (C=O) groups excluding carboxylic acids is 1. The molecule has 0 unspecified atom stereocenters. The Bertz CT molecular complexity index is 872. The average Bonchev–Trinajstić information content (AvgIpc) is 3.20. The number of rotatable bonds is 4. The highest BCUT2D eigenvalue weighted by atomic mass is 32.2. The van der Waals surface area contributed by atoms with E-state index in [0.717, 1.165) is 30.6 Å². The number of hydrogen-bond donors (Lipinski definition) is 1. The first-order chi connectivity index (χ1) is 13.9. The molecule has 2 N–H and O–H groups in total. The summed E-state index contributed by atoms with van der Waals surface area (Å²) in [6, 6.07) is 9.65. The molecule has 0 aliphatic carbocycles. The van der Waals surface area contributed by atoms with Gasteiger partial charge in [0.2, 0.25) is 5.91 Å². The molecule has 7 heteroatoms. The zero-order valence-corrected chi connectivity index (χ0v) is 18.2. The first kappa shape index (κ1) is 20.4. The van der Waals surface area contributed by atoms with Crippen molar-refractivity contribution in [1.29, 1.82) is 0 Å². The van der Waals surface area contributed by atoms with Crippen LogP contribution in [0.3, 0.4) is 0 Å². The third-order valence-corrected chi connectivity index (χ3v) is 7.72. The second-order valence-corrected chi connectivity index (χ2v) is 9.95. The molecule has 0 saturated carbocycles. The summed E-state index contributed by atoms with van der Waals surface area (Å²) in [6.45, 7) is 6.04. The number of fused-ring (bicyclic) bond motifs is 2. The molecule has 0 bridgehead atoms. The van der Waals surface area contributed by atoms with Crippen LogP contribution in [0.25, 0.3) is 5.69 Å². The molecule has 2 aliphatic rings. The molecule has 1 aromatic heterocycles. The minimum absolute atomic E-state index is 0.0325. The van der Waals surface area contributed by atoms with Gasteiger partial charge >= 0.3 is 0 Å². The van der Waals surface area contributed by atoms with E-state index in [9.17, 15) is 4.79 Å². The quantitative estimate of drug-likeness (QED) is 0.833. The van der Waals surface area contributed by atoms with E-state index in [1.807, 2.05) is 47.9 Å². The van der Waals surface area contributed by atoms with Gasteiger partial charge in [0, 0.05) is 24.0 Å². The van der Waals surface area contributed by atoms with Gasteiger partial charge in [-0.15, -0.1) is 0 Å². The Hall–Kier alpha value is -1.83. The van der Waals surface area contributed by atoms with Gasteiger partial charge in [-0.25, -0.2) is 4.68 Å². The number of amides is 1. The number of nitrogens with zero attached hydrogens (tertiary/aromatic N) is 3. The van der Waals surface area contributed by atoms with Crippen LogP contribution in [0, 0.1) is 0 Å². The van der Waals surface area contributed by atoms with E-state index in [1.165, 1.54) is 5.56 Å². The Morgan fingerprint density at radius 2 is 1.97 bits per heavy atom. The first-order valence-corrected chi connectivity index (χ1v) is 11.5. The smallest absolute Gasteiger partial charge is 0.240 e. The number of benzene rings is 1. The summed E-state index contributed by atoms with van der Waals surface area (Å²) in [5.74, 6) is 0.0325. The fourth-order valence-corrected chi connectivity index (χ4v) is 4.56. The van der Waals surface area contributed by atoms with Gasteiger partial charge in [0.15, 0.2) is 0 Å². The molecule has 1 fully saturated rings. The SMILES string of the molecule is CSC(C)(C)[C@H](N)C(=O)N1CCC2(CC1)OCCc1cn(-c3ccccc3)nc12. The minimum atomic E-state index is -0.508. The van der Waals surface area contributed by atoms with Crippen LogP contribution >= 0.6 is 11.8 Å². The zero-order valence-electron chi connectivity index (χ0n) is 17.4. The first-order valence-electron chi connectivity index (χ1n) is 10.2. The topological polar surface area (TPSA) is 73.4 Å². The van der Waals surface area contributed by atoms with Gasteiger partial charge in [-0.1, -0.05) is 18.2 Å². The van der Waals surface area contributed by atoms with E-state index in [-0.39, 0.29) is 10.7 Å². The Kier molecular flexibility index (Phi) is 5.48. The zero-order chi connectivity index (χ0) is 20.6. The van der Waals surface area contributed by atoms with Crippen LogP contribution in [0.1, 0.15) is 37.9 Å². The summed E-state index contributed by atoms with van der Waals surface area (Å²) in [7, 11) is 0. The lowest BCUT2D eigenvalue weighted by Gasteiger charge is -2.44. The fraction of sp³-hybridized carbons (Fsp3) is 0.545. The molecular weight excluding hydrogens is 384 g/mol. The van der Waals surface area contributed by atoms with Gasteiger partial charge in [-0.2, -0.15) is 16.9 Å². The normalized spacial score (nSPS) is 19.8. The Labute approximate surface area is 176 Å². The van der Waals surface area contributed by atoms with Gasteiger partial charge in [-0.05, 0) is 57.1 Å². The van der Waals surface area contributed by atoms with E-state index in [4.69, 9.17) is 15.6 Å². The molecule has 1 atom stereocenters. The third-order valence-electron chi connectivity index (χ3n) is 6.42. The Morgan fingerprint density at radius 1 is 1.28 bits per heavy atom. The van der Waals surface area contributed by atoms with Crippen LogP contribution in [-0.2, 0) is 21.6 Å². The predicted molar refractivity (Wildman–Crippen MR) is 116 cm³/mol. The number of carbonyl (C=O) groups is 1. The molecule has 2 aliphatic heterocycles. The number of ether oxygens (including phenoxy) is 1. The van der Waals surface area contributed by atoms with Crippen LogP contribution in [0.4, 0.5) is 0 Å². The highest BCUT2D eigenvalue weighted by Gasteiger charge is 2.45. The van der Waals surface area contributed by atoms with Crippen molar-refractivity contribution in [3.8, 4) is 5.69 Å². The molecule has 0 radical (unpaired) electrons. The van der Waals surface area contributed by atoms with E-state index in [0.29, 0.717) is 19.7 Å². The Balaban J connectivity index is 1.52. The van der Waals surface area contributed by atoms with Crippen molar-refractivity contribution in [2.24, 2.45) is 5.73 Å². The van der Waals surface area contributed by atoms with Crippen LogP contribution in [-0.4, -0.2) is 57.3 Å². The molecule has 3 heterocycles. The monoisotopic (exact) mass is 414 g/mol. The summed E-state index contributed by atoms with van der Waals surface area (Å²) in [6.07, 6.45) is 6.51. The van der Waals surface area contributed by atoms with Crippen LogP contribution in [0.5, 0.6) is 0 Å². The lowest BCUT2D eigenvalue weighted by molar-refractivity contribution is -0.143. The van der Waals surface area contributed by atoms with Crippen molar-refractivity contribution in [3.05, 3.63) is 47.8 Å². The third kappa shape index (κ3) is 3.71. The van der Waals surface area contributed by atoms with Gasteiger partial charge in [-0.3, -0.25) is 4.79 Å². The maximum atomic E-state index is 12.9. The number of nitrogens with two attached hydrogens (primary N) is 1. The molecule has 29 heavy (non-hydrogen) atoms.